The van der Waals surface area contributed by atoms with Crippen LogP contribution in [0.25, 0.3) is 0 Å². The van der Waals surface area contributed by atoms with Crippen LogP contribution in [-0.2, 0) is 14.3 Å². The van der Waals surface area contributed by atoms with Gasteiger partial charge in [0.2, 0.25) is 5.91 Å². The molecule has 3 rings (SSSR count). The molecule has 1 fully saturated rings. The van der Waals surface area contributed by atoms with Gasteiger partial charge in [0, 0.05) is 24.7 Å². The molecular formula is C17H17N3O5. The predicted octanol–water partition coefficient (Wildman–Crippen LogP) is 1.91. The Labute approximate surface area is 143 Å². The minimum atomic E-state index is -0.620. The lowest BCUT2D eigenvalue weighted by atomic mass is 10.2. The highest BCUT2D eigenvalue weighted by molar-refractivity contribution is 5.97. The zero-order chi connectivity index (χ0) is 17.8. The van der Waals surface area contributed by atoms with Gasteiger partial charge >= 0.3 is 5.97 Å². The minimum Gasteiger partial charge on any atom is -0.452 e. The highest BCUT2D eigenvalue weighted by Gasteiger charge is 2.21. The standard InChI is InChI=1S/C17H17N3O5/c1-11-9-14(19-25-11)18-15(21)10-24-17(23)12-4-6-13(7-5-12)20-8-2-3-16(20)22/h4-7,9H,2-3,8,10H2,1H3,(H,18,19,21). The molecule has 1 aliphatic rings. The number of amides is 2. The number of ether oxygens (including phenoxy) is 1. The number of nitrogens with zero attached hydrogens (tertiary/aromatic N) is 2. The molecule has 25 heavy (non-hydrogen) atoms. The summed E-state index contributed by atoms with van der Waals surface area (Å²) in [6.45, 7) is 1.95. The van der Waals surface area contributed by atoms with Gasteiger partial charge in [-0.25, -0.2) is 4.79 Å². The Hall–Kier alpha value is -3.16. The normalized spacial score (nSPS) is 13.8. The van der Waals surface area contributed by atoms with Gasteiger partial charge in [0.15, 0.2) is 12.4 Å². The number of hydrogen-bond donors (Lipinski definition) is 1. The summed E-state index contributed by atoms with van der Waals surface area (Å²) in [5.41, 5.74) is 1.05. The summed E-state index contributed by atoms with van der Waals surface area (Å²) in [7, 11) is 0. The molecule has 0 spiro atoms. The van der Waals surface area contributed by atoms with Crippen LogP contribution in [0.1, 0.15) is 29.0 Å². The third kappa shape index (κ3) is 4.03. The fraction of sp³-hybridized carbons (Fsp3) is 0.294. The van der Waals surface area contributed by atoms with E-state index in [0.29, 0.717) is 24.3 Å². The van der Waals surface area contributed by atoms with Crippen molar-refractivity contribution in [2.75, 3.05) is 23.4 Å². The van der Waals surface area contributed by atoms with Crippen molar-refractivity contribution in [3.63, 3.8) is 0 Å². The number of carbonyl (C=O) groups is 3. The smallest absolute Gasteiger partial charge is 0.338 e. The van der Waals surface area contributed by atoms with Crippen molar-refractivity contribution in [3.05, 3.63) is 41.7 Å². The molecular weight excluding hydrogens is 326 g/mol. The molecule has 0 atom stereocenters. The lowest BCUT2D eigenvalue weighted by Gasteiger charge is -2.15. The first kappa shape index (κ1) is 16.7. The van der Waals surface area contributed by atoms with Crippen LogP contribution < -0.4 is 10.2 Å². The van der Waals surface area contributed by atoms with Crippen LogP contribution in [0.2, 0.25) is 0 Å². The van der Waals surface area contributed by atoms with Crippen LogP contribution in [0, 0.1) is 6.92 Å². The Balaban J connectivity index is 1.52. The van der Waals surface area contributed by atoms with Crippen LogP contribution in [-0.4, -0.2) is 36.1 Å². The van der Waals surface area contributed by atoms with Crippen LogP contribution >= 0.6 is 0 Å². The van der Waals surface area contributed by atoms with Gasteiger partial charge in [0.05, 0.1) is 5.56 Å². The van der Waals surface area contributed by atoms with E-state index in [1.807, 2.05) is 0 Å². The van der Waals surface area contributed by atoms with E-state index in [1.54, 1.807) is 42.2 Å². The van der Waals surface area contributed by atoms with Crippen molar-refractivity contribution >= 4 is 29.3 Å². The Morgan fingerprint density at radius 3 is 2.68 bits per heavy atom. The molecule has 2 aromatic rings. The van der Waals surface area contributed by atoms with Gasteiger partial charge in [-0.3, -0.25) is 9.59 Å². The molecule has 8 nitrogen and oxygen atoms in total. The lowest BCUT2D eigenvalue weighted by molar-refractivity contribution is -0.119. The number of benzene rings is 1. The quantitative estimate of drug-likeness (QED) is 0.832. The maximum absolute atomic E-state index is 12.0. The van der Waals surface area contributed by atoms with Crippen molar-refractivity contribution in [1.29, 1.82) is 0 Å². The van der Waals surface area contributed by atoms with Crippen LogP contribution in [0.3, 0.4) is 0 Å². The Bertz CT molecular complexity index is 797. The second-order valence-corrected chi connectivity index (χ2v) is 5.64. The van der Waals surface area contributed by atoms with Gasteiger partial charge in [-0.1, -0.05) is 5.16 Å². The second kappa shape index (κ2) is 7.16. The van der Waals surface area contributed by atoms with Gasteiger partial charge in [-0.15, -0.1) is 0 Å². The number of carbonyl (C=O) groups excluding carboxylic acids is 3. The van der Waals surface area contributed by atoms with Gasteiger partial charge in [-0.2, -0.15) is 0 Å². The molecule has 130 valence electrons. The number of aryl methyl sites for hydroxylation is 1. The summed E-state index contributed by atoms with van der Waals surface area (Å²) in [6, 6.07) is 8.08. The van der Waals surface area contributed by atoms with Crippen molar-refractivity contribution in [2.24, 2.45) is 0 Å². The Kier molecular flexibility index (Phi) is 4.78. The van der Waals surface area contributed by atoms with Crippen molar-refractivity contribution in [3.8, 4) is 0 Å². The first-order valence-corrected chi connectivity index (χ1v) is 7.83. The molecule has 1 aromatic carbocycles. The molecule has 0 unspecified atom stereocenters. The number of anilines is 2. The average molecular weight is 343 g/mol. The SMILES string of the molecule is Cc1cc(NC(=O)COC(=O)c2ccc(N3CCCC3=O)cc2)no1. The van der Waals surface area contributed by atoms with Crippen LogP contribution in [0.5, 0.6) is 0 Å². The molecule has 1 saturated heterocycles. The summed E-state index contributed by atoms with van der Waals surface area (Å²) in [4.78, 5) is 37.1. The largest absolute Gasteiger partial charge is 0.452 e. The number of esters is 1. The monoisotopic (exact) mass is 343 g/mol. The molecule has 0 saturated carbocycles. The second-order valence-electron chi connectivity index (χ2n) is 5.64. The summed E-state index contributed by atoms with van der Waals surface area (Å²) in [6.07, 6.45) is 1.38. The number of nitrogens with one attached hydrogen (secondary N) is 1. The predicted molar refractivity (Wildman–Crippen MR) is 88.2 cm³/mol. The molecule has 1 N–H and O–H groups in total. The molecule has 0 bridgehead atoms. The first-order valence-electron chi connectivity index (χ1n) is 7.83. The Morgan fingerprint density at radius 1 is 1.32 bits per heavy atom. The van der Waals surface area contributed by atoms with Crippen LogP contribution in [0.15, 0.2) is 34.9 Å². The van der Waals surface area contributed by atoms with Crippen molar-refractivity contribution < 1.29 is 23.6 Å². The van der Waals surface area contributed by atoms with Crippen molar-refractivity contribution in [2.45, 2.75) is 19.8 Å². The first-order chi connectivity index (χ1) is 12.0. The molecule has 2 amide bonds. The van der Waals surface area contributed by atoms with E-state index in [9.17, 15) is 14.4 Å². The molecule has 1 aliphatic heterocycles. The summed E-state index contributed by atoms with van der Waals surface area (Å²) in [5, 5.41) is 6.07. The highest BCUT2D eigenvalue weighted by atomic mass is 16.5. The van der Waals surface area contributed by atoms with E-state index in [-0.39, 0.29) is 11.7 Å². The van der Waals surface area contributed by atoms with Gasteiger partial charge in [0.25, 0.3) is 5.91 Å². The molecule has 0 aliphatic carbocycles. The third-order valence-corrected chi connectivity index (χ3v) is 3.72. The van der Waals surface area contributed by atoms with E-state index in [2.05, 4.69) is 10.5 Å². The topological polar surface area (TPSA) is 102 Å². The van der Waals surface area contributed by atoms with Gasteiger partial charge < -0.3 is 19.5 Å². The van der Waals surface area contributed by atoms with E-state index in [0.717, 1.165) is 12.1 Å². The summed E-state index contributed by atoms with van der Waals surface area (Å²) in [5.74, 6) is -0.233. The van der Waals surface area contributed by atoms with E-state index in [1.165, 1.54) is 0 Å². The third-order valence-electron chi connectivity index (χ3n) is 3.72. The lowest BCUT2D eigenvalue weighted by Crippen LogP contribution is -2.23. The number of aromatic nitrogens is 1. The summed E-state index contributed by atoms with van der Waals surface area (Å²) < 4.78 is 9.79. The van der Waals surface area contributed by atoms with Gasteiger partial charge in [-0.05, 0) is 37.6 Å². The number of rotatable bonds is 5. The van der Waals surface area contributed by atoms with Crippen LogP contribution in [0.4, 0.5) is 11.5 Å². The minimum absolute atomic E-state index is 0.0788. The summed E-state index contributed by atoms with van der Waals surface area (Å²) >= 11 is 0. The Morgan fingerprint density at radius 2 is 2.08 bits per heavy atom. The molecule has 0 radical (unpaired) electrons. The molecule has 1 aromatic heterocycles. The highest BCUT2D eigenvalue weighted by Crippen LogP contribution is 2.21. The average Bonchev–Trinajstić information content (AvgIpc) is 3.21. The fourth-order valence-corrected chi connectivity index (χ4v) is 2.52. The molecule has 2 heterocycles. The molecule has 8 heteroatoms. The van der Waals surface area contributed by atoms with E-state index >= 15 is 0 Å². The maximum atomic E-state index is 12.0. The van der Waals surface area contributed by atoms with Gasteiger partial charge in [0.1, 0.15) is 5.76 Å². The van der Waals surface area contributed by atoms with E-state index in [4.69, 9.17) is 9.26 Å². The zero-order valence-corrected chi connectivity index (χ0v) is 13.7. The van der Waals surface area contributed by atoms with E-state index < -0.39 is 18.5 Å². The fourth-order valence-electron chi connectivity index (χ4n) is 2.52. The van der Waals surface area contributed by atoms with Crippen molar-refractivity contribution in [1.82, 2.24) is 5.16 Å². The maximum Gasteiger partial charge on any atom is 0.338 e. The zero-order valence-electron chi connectivity index (χ0n) is 13.7. The number of hydrogen-bond acceptors (Lipinski definition) is 6.